The summed E-state index contributed by atoms with van der Waals surface area (Å²) in [7, 11) is 0. The number of nitrogens with one attached hydrogen (secondary N) is 1. The lowest BCUT2D eigenvalue weighted by molar-refractivity contribution is 0.260. The Labute approximate surface area is 83.4 Å². The molecule has 2 rings (SSSR count). The molecule has 0 spiro atoms. The summed E-state index contributed by atoms with van der Waals surface area (Å²) in [6.07, 6.45) is 5.21. The van der Waals surface area contributed by atoms with Crippen LogP contribution in [0.25, 0.3) is 0 Å². The van der Waals surface area contributed by atoms with Crippen LogP contribution in [-0.2, 0) is 6.67 Å². The van der Waals surface area contributed by atoms with Crippen molar-refractivity contribution in [3.63, 3.8) is 0 Å². The Balaban J connectivity index is 1.99. The second kappa shape index (κ2) is 3.64. The number of H-pyrrole nitrogens is 1. The van der Waals surface area contributed by atoms with Gasteiger partial charge < -0.3 is 9.55 Å². The number of aromatic nitrogens is 2. The zero-order valence-corrected chi connectivity index (χ0v) is 8.68. The van der Waals surface area contributed by atoms with Gasteiger partial charge in [0.1, 0.15) is 0 Å². The highest BCUT2D eigenvalue weighted by Gasteiger charge is 2.18. The van der Waals surface area contributed by atoms with Crippen LogP contribution in [0.2, 0.25) is 0 Å². The summed E-state index contributed by atoms with van der Waals surface area (Å²) in [5.74, 6) is 0.841. The predicted molar refractivity (Wildman–Crippen MR) is 55.0 cm³/mol. The highest BCUT2D eigenvalue weighted by molar-refractivity contribution is 7.71. The Morgan fingerprint density at radius 3 is 3.08 bits per heavy atom. The van der Waals surface area contributed by atoms with Gasteiger partial charge in [-0.3, -0.25) is 4.90 Å². The summed E-state index contributed by atoms with van der Waals surface area (Å²) in [6, 6.07) is 0. The van der Waals surface area contributed by atoms with Gasteiger partial charge in [0, 0.05) is 25.5 Å². The molecule has 1 aliphatic rings. The minimum Gasteiger partial charge on any atom is -0.337 e. The molecule has 13 heavy (non-hydrogen) atoms. The molecule has 72 valence electrons. The fourth-order valence-electron chi connectivity index (χ4n) is 1.83. The van der Waals surface area contributed by atoms with E-state index in [2.05, 4.69) is 21.4 Å². The maximum absolute atomic E-state index is 5.13. The zero-order valence-electron chi connectivity index (χ0n) is 7.86. The number of rotatable bonds is 2. The molecule has 1 aromatic rings. The van der Waals surface area contributed by atoms with E-state index in [9.17, 15) is 0 Å². The SMILES string of the molecule is CC1CCN(Cn2cc[nH]c2=S)C1. The van der Waals surface area contributed by atoms with Gasteiger partial charge in [-0.2, -0.15) is 0 Å². The average Bonchev–Trinajstić information content (AvgIpc) is 2.64. The van der Waals surface area contributed by atoms with Crippen molar-refractivity contribution in [2.45, 2.75) is 20.0 Å². The highest BCUT2D eigenvalue weighted by atomic mass is 32.1. The standard InChI is InChI=1S/C9H15N3S/c1-8-2-4-11(6-8)7-12-5-3-10-9(12)13/h3,5,8H,2,4,6-7H2,1H3,(H,10,13). The van der Waals surface area contributed by atoms with Gasteiger partial charge in [-0.1, -0.05) is 6.92 Å². The van der Waals surface area contributed by atoms with Crippen LogP contribution in [0.4, 0.5) is 0 Å². The third-order valence-electron chi connectivity index (χ3n) is 2.58. The highest BCUT2D eigenvalue weighted by Crippen LogP contribution is 2.15. The molecule has 0 amide bonds. The molecule has 1 unspecified atom stereocenters. The van der Waals surface area contributed by atoms with E-state index < -0.39 is 0 Å². The maximum Gasteiger partial charge on any atom is 0.178 e. The minimum atomic E-state index is 0.819. The first kappa shape index (κ1) is 8.97. The van der Waals surface area contributed by atoms with Gasteiger partial charge in [0.2, 0.25) is 0 Å². The Kier molecular flexibility index (Phi) is 2.51. The zero-order chi connectivity index (χ0) is 9.26. The third kappa shape index (κ3) is 2.00. The fraction of sp³-hybridized carbons (Fsp3) is 0.667. The molecule has 0 saturated carbocycles. The lowest BCUT2D eigenvalue weighted by Crippen LogP contribution is -2.23. The molecular weight excluding hydrogens is 182 g/mol. The normalized spacial score (nSPS) is 23.9. The van der Waals surface area contributed by atoms with Crippen LogP contribution in [0.1, 0.15) is 13.3 Å². The lowest BCUT2D eigenvalue weighted by Gasteiger charge is -2.15. The van der Waals surface area contributed by atoms with Crippen LogP contribution >= 0.6 is 12.2 Å². The first-order valence-electron chi connectivity index (χ1n) is 4.72. The number of hydrogen-bond acceptors (Lipinski definition) is 2. The second-order valence-electron chi connectivity index (χ2n) is 3.85. The van der Waals surface area contributed by atoms with Gasteiger partial charge in [0.25, 0.3) is 0 Å². The average molecular weight is 197 g/mol. The summed E-state index contributed by atoms with van der Waals surface area (Å²) in [5, 5.41) is 0. The van der Waals surface area contributed by atoms with Crippen molar-refractivity contribution in [3.05, 3.63) is 17.2 Å². The fourth-order valence-corrected chi connectivity index (χ4v) is 2.02. The summed E-state index contributed by atoms with van der Waals surface area (Å²) in [5.41, 5.74) is 0. The van der Waals surface area contributed by atoms with Crippen LogP contribution < -0.4 is 0 Å². The molecule has 0 aromatic carbocycles. The molecule has 4 heteroatoms. The van der Waals surface area contributed by atoms with Crippen LogP contribution in [-0.4, -0.2) is 27.5 Å². The van der Waals surface area contributed by atoms with Crippen LogP contribution in [0.3, 0.4) is 0 Å². The number of nitrogens with zero attached hydrogens (tertiary/aromatic N) is 2. The summed E-state index contributed by atoms with van der Waals surface area (Å²) in [6.45, 7) is 5.64. The molecule has 1 atom stereocenters. The molecule has 1 aliphatic heterocycles. The predicted octanol–water partition coefficient (Wildman–Crippen LogP) is 1.84. The molecule has 0 bridgehead atoms. The van der Waals surface area contributed by atoms with Crippen molar-refractivity contribution in [3.8, 4) is 0 Å². The van der Waals surface area contributed by atoms with E-state index in [0.29, 0.717) is 0 Å². The number of hydrogen-bond donors (Lipinski definition) is 1. The van der Waals surface area contributed by atoms with E-state index in [1.54, 1.807) is 0 Å². The Hall–Kier alpha value is -0.610. The molecule has 3 nitrogen and oxygen atoms in total. The van der Waals surface area contributed by atoms with Gasteiger partial charge in [-0.25, -0.2) is 0 Å². The van der Waals surface area contributed by atoms with Crippen molar-refractivity contribution in [2.75, 3.05) is 13.1 Å². The Morgan fingerprint density at radius 2 is 2.54 bits per heavy atom. The second-order valence-corrected chi connectivity index (χ2v) is 4.23. The summed E-state index contributed by atoms with van der Waals surface area (Å²) >= 11 is 5.13. The molecule has 1 fully saturated rings. The lowest BCUT2D eigenvalue weighted by atomic mass is 10.2. The summed E-state index contributed by atoms with van der Waals surface area (Å²) < 4.78 is 2.90. The first-order chi connectivity index (χ1) is 6.25. The molecule has 0 aliphatic carbocycles. The van der Waals surface area contributed by atoms with Gasteiger partial charge in [0.15, 0.2) is 4.77 Å². The first-order valence-corrected chi connectivity index (χ1v) is 5.12. The maximum atomic E-state index is 5.13. The number of likely N-dealkylation sites (tertiary alicyclic amines) is 1. The van der Waals surface area contributed by atoms with Gasteiger partial charge in [-0.15, -0.1) is 0 Å². The number of imidazole rings is 1. The summed E-state index contributed by atoms with van der Waals surface area (Å²) in [4.78, 5) is 5.44. The molecule has 1 saturated heterocycles. The van der Waals surface area contributed by atoms with Crippen LogP contribution in [0.5, 0.6) is 0 Å². The number of aromatic amines is 1. The van der Waals surface area contributed by atoms with E-state index in [0.717, 1.165) is 17.4 Å². The van der Waals surface area contributed by atoms with Crippen LogP contribution in [0.15, 0.2) is 12.4 Å². The molecule has 2 heterocycles. The Bertz CT molecular complexity index is 328. The smallest absolute Gasteiger partial charge is 0.178 e. The molecule has 0 radical (unpaired) electrons. The van der Waals surface area contributed by atoms with E-state index in [1.165, 1.54) is 19.5 Å². The quantitative estimate of drug-likeness (QED) is 0.732. The minimum absolute atomic E-state index is 0.819. The van der Waals surface area contributed by atoms with E-state index in [4.69, 9.17) is 12.2 Å². The van der Waals surface area contributed by atoms with Gasteiger partial charge in [0.05, 0.1) is 6.67 Å². The van der Waals surface area contributed by atoms with Crippen molar-refractivity contribution in [1.29, 1.82) is 0 Å². The topological polar surface area (TPSA) is 24.0 Å². The largest absolute Gasteiger partial charge is 0.337 e. The molecule has 1 N–H and O–H groups in total. The van der Waals surface area contributed by atoms with Crippen molar-refractivity contribution >= 4 is 12.2 Å². The molecular formula is C9H15N3S. The van der Waals surface area contributed by atoms with Crippen molar-refractivity contribution in [2.24, 2.45) is 5.92 Å². The molecule has 1 aromatic heterocycles. The monoisotopic (exact) mass is 197 g/mol. The third-order valence-corrected chi connectivity index (χ3v) is 2.93. The Morgan fingerprint density at radius 1 is 1.69 bits per heavy atom. The van der Waals surface area contributed by atoms with E-state index in [-0.39, 0.29) is 0 Å². The van der Waals surface area contributed by atoms with Gasteiger partial charge in [-0.05, 0) is 24.6 Å². The van der Waals surface area contributed by atoms with Crippen molar-refractivity contribution in [1.82, 2.24) is 14.5 Å². The van der Waals surface area contributed by atoms with Crippen LogP contribution in [0, 0.1) is 10.7 Å². The van der Waals surface area contributed by atoms with Crippen molar-refractivity contribution < 1.29 is 0 Å². The van der Waals surface area contributed by atoms with Gasteiger partial charge >= 0.3 is 0 Å². The van der Waals surface area contributed by atoms with E-state index in [1.807, 2.05) is 12.4 Å². The van der Waals surface area contributed by atoms with E-state index >= 15 is 0 Å².